The molecule has 1 aliphatic carbocycles. The summed E-state index contributed by atoms with van der Waals surface area (Å²) in [7, 11) is 8.14. The number of nitrogens with one attached hydrogen (secondary N) is 1. The summed E-state index contributed by atoms with van der Waals surface area (Å²) in [6, 6.07) is 15.0. The minimum absolute atomic E-state index is 0.0468. The van der Waals surface area contributed by atoms with E-state index in [0.29, 0.717) is 18.0 Å². The molecule has 0 radical (unpaired) electrons. The molecule has 6 heteroatoms. The Kier molecular flexibility index (Phi) is 6.54. The summed E-state index contributed by atoms with van der Waals surface area (Å²) in [6.45, 7) is 3.74. The monoisotopic (exact) mass is 507 g/mol. The van der Waals surface area contributed by atoms with Crippen LogP contribution in [0.5, 0.6) is 0 Å². The molecule has 6 rings (SSSR count). The van der Waals surface area contributed by atoms with Gasteiger partial charge in [0.2, 0.25) is 0 Å². The maximum absolute atomic E-state index is 12.9. The second kappa shape index (κ2) is 10.0. The Bertz CT molecular complexity index is 1490. The van der Waals surface area contributed by atoms with Gasteiger partial charge in [-0.15, -0.1) is 0 Å². The van der Waals surface area contributed by atoms with E-state index in [0.717, 1.165) is 40.8 Å². The first-order valence-electron chi connectivity index (χ1n) is 13.7. The zero-order valence-electron chi connectivity index (χ0n) is 22.9. The van der Waals surface area contributed by atoms with Gasteiger partial charge in [-0.3, -0.25) is 4.79 Å². The Balaban J connectivity index is 1.31. The largest absolute Gasteiger partial charge is 0.346 e. The van der Waals surface area contributed by atoms with Gasteiger partial charge in [-0.25, -0.2) is 4.98 Å². The number of nitrogens with zero attached hydrogens (tertiary/aromatic N) is 4. The van der Waals surface area contributed by atoms with Crippen LogP contribution in [0.15, 0.2) is 54.9 Å². The molecule has 2 aromatic carbocycles. The fraction of sp³-hybridized carbons (Fsp3) is 0.375. The van der Waals surface area contributed by atoms with E-state index in [1.54, 1.807) is 10.5 Å². The lowest BCUT2D eigenvalue weighted by Crippen LogP contribution is -2.33. The first-order valence-corrected chi connectivity index (χ1v) is 13.7. The Labute approximate surface area is 225 Å². The highest BCUT2D eigenvalue weighted by atomic mass is 16.2. The van der Waals surface area contributed by atoms with Crippen molar-refractivity contribution in [1.29, 1.82) is 0 Å². The zero-order valence-corrected chi connectivity index (χ0v) is 22.9. The van der Waals surface area contributed by atoms with Crippen LogP contribution in [-0.2, 0) is 13.0 Å². The van der Waals surface area contributed by atoms with E-state index in [1.807, 2.05) is 57.8 Å². The summed E-state index contributed by atoms with van der Waals surface area (Å²) >= 11 is 0. The molecule has 0 spiro atoms. The number of carbonyl (C=O) groups is 1. The predicted octanol–water partition coefficient (Wildman–Crippen LogP) is 5.40. The average molecular weight is 508 g/mol. The normalized spacial score (nSPS) is 17.1. The molecule has 0 fully saturated rings. The molecule has 6 nitrogen and oxygen atoms in total. The quantitative estimate of drug-likeness (QED) is 0.380. The molecule has 1 amide bonds. The third-order valence-electron chi connectivity index (χ3n) is 8.27. The van der Waals surface area contributed by atoms with Crippen molar-refractivity contribution in [3.05, 3.63) is 77.1 Å². The summed E-state index contributed by atoms with van der Waals surface area (Å²) in [5, 5.41) is 1.10. The Morgan fingerprint density at radius 2 is 1.82 bits per heavy atom. The highest BCUT2D eigenvalue weighted by molar-refractivity contribution is 5.98. The summed E-state index contributed by atoms with van der Waals surface area (Å²) in [5.74, 6) is 0.728. The Morgan fingerprint density at radius 3 is 2.61 bits per heavy atom. The van der Waals surface area contributed by atoms with Crippen LogP contribution in [0, 0.1) is 0 Å². The number of hydrogen-bond donors (Lipinski definition) is 1. The van der Waals surface area contributed by atoms with Crippen molar-refractivity contribution < 1.29 is 4.79 Å². The standard InChI is InChI=1S/C32H37N5O/c1-35(2)12-13-37(4)32(38)22-10-8-21(9-11-22)29-18-34-31-28(29)16-26(17-33-31)25-14-23-6-5-7-24-19-36(3)20-27(15-25)30(23)24/h8-11,14-18,24H,5-7,12-13,19-20H2,1-4H3,(H,33,34). The number of amides is 1. The number of aryl methyl sites for hydroxylation is 1. The molecule has 38 heavy (non-hydrogen) atoms. The van der Waals surface area contributed by atoms with Gasteiger partial charge in [0.1, 0.15) is 5.65 Å². The number of aromatic nitrogens is 2. The van der Waals surface area contributed by atoms with Crippen LogP contribution >= 0.6 is 0 Å². The van der Waals surface area contributed by atoms with Gasteiger partial charge in [-0.05, 0) is 98.4 Å². The zero-order chi connectivity index (χ0) is 26.4. The fourth-order valence-corrected chi connectivity index (χ4v) is 6.27. The highest BCUT2D eigenvalue weighted by Gasteiger charge is 2.29. The van der Waals surface area contributed by atoms with E-state index in [1.165, 1.54) is 42.5 Å². The van der Waals surface area contributed by atoms with Gasteiger partial charge in [0.25, 0.3) is 5.91 Å². The van der Waals surface area contributed by atoms with Crippen molar-refractivity contribution in [2.75, 3.05) is 47.8 Å². The van der Waals surface area contributed by atoms with Gasteiger partial charge >= 0.3 is 0 Å². The van der Waals surface area contributed by atoms with Gasteiger partial charge in [0.05, 0.1) is 0 Å². The fourth-order valence-electron chi connectivity index (χ4n) is 6.27. The van der Waals surface area contributed by atoms with Crippen LogP contribution in [0.2, 0.25) is 0 Å². The lowest BCUT2D eigenvalue weighted by atomic mass is 9.76. The van der Waals surface area contributed by atoms with Crippen LogP contribution in [0.3, 0.4) is 0 Å². The Morgan fingerprint density at radius 1 is 1.03 bits per heavy atom. The number of hydrogen-bond acceptors (Lipinski definition) is 4. The summed E-state index contributed by atoms with van der Waals surface area (Å²) < 4.78 is 0. The first kappa shape index (κ1) is 24.8. The molecule has 1 N–H and O–H groups in total. The van der Waals surface area contributed by atoms with E-state index < -0.39 is 0 Å². The van der Waals surface area contributed by atoms with Crippen LogP contribution in [0.1, 0.15) is 45.8 Å². The molecule has 196 valence electrons. The third-order valence-corrected chi connectivity index (χ3v) is 8.27. The topological polar surface area (TPSA) is 55.5 Å². The van der Waals surface area contributed by atoms with Crippen molar-refractivity contribution in [2.45, 2.75) is 31.7 Å². The molecule has 1 atom stereocenters. The number of benzene rings is 2. The lowest BCUT2D eigenvalue weighted by Gasteiger charge is -2.37. The van der Waals surface area contributed by atoms with Gasteiger partial charge in [0.15, 0.2) is 0 Å². The average Bonchev–Trinajstić information content (AvgIpc) is 3.34. The maximum atomic E-state index is 12.9. The van der Waals surface area contributed by atoms with Crippen LogP contribution in [-0.4, -0.2) is 78.4 Å². The smallest absolute Gasteiger partial charge is 0.253 e. The van der Waals surface area contributed by atoms with Crippen molar-refractivity contribution in [3.63, 3.8) is 0 Å². The number of carbonyl (C=O) groups excluding carboxylic acids is 1. The first-order chi connectivity index (χ1) is 18.4. The summed E-state index contributed by atoms with van der Waals surface area (Å²) in [6.07, 6.45) is 7.78. The third kappa shape index (κ3) is 4.63. The number of rotatable bonds is 6. The van der Waals surface area contributed by atoms with Crippen molar-refractivity contribution >= 4 is 16.9 Å². The van der Waals surface area contributed by atoms with Crippen LogP contribution < -0.4 is 0 Å². The minimum Gasteiger partial charge on any atom is -0.346 e. The molecule has 4 aromatic rings. The number of aromatic amines is 1. The van der Waals surface area contributed by atoms with E-state index in [-0.39, 0.29) is 5.91 Å². The number of H-pyrrole nitrogens is 1. The van der Waals surface area contributed by atoms with Crippen LogP contribution in [0.4, 0.5) is 0 Å². The number of fused-ring (bicyclic) bond motifs is 1. The number of likely N-dealkylation sites (N-methyl/N-ethyl adjacent to an activating group) is 3. The molecule has 0 bridgehead atoms. The molecule has 2 aromatic heterocycles. The SMILES string of the molecule is CN(C)CCN(C)C(=O)c1ccc(-c2c[nH]c3ncc(-c4cc5c6c(c4)CN(C)CC6CCC5)cc23)cc1. The Hall–Kier alpha value is -3.48. The predicted molar refractivity (Wildman–Crippen MR) is 154 cm³/mol. The van der Waals surface area contributed by atoms with E-state index >= 15 is 0 Å². The molecular weight excluding hydrogens is 470 g/mol. The number of pyridine rings is 1. The van der Waals surface area contributed by atoms with Gasteiger partial charge < -0.3 is 19.7 Å². The molecule has 0 saturated heterocycles. The van der Waals surface area contributed by atoms with Gasteiger partial charge in [-0.2, -0.15) is 0 Å². The molecule has 0 saturated carbocycles. The maximum Gasteiger partial charge on any atom is 0.253 e. The van der Waals surface area contributed by atoms with Crippen molar-refractivity contribution in [1.82, 2.24) is 24.7 Å². The van der Waals surface area contributed by atoms with Gasteiger partial charge in [-0.1, -0.05) is 18.2 Å². The molecule has 1 unspecified atom stereocenters. The molecule has 1 aliphatic heterocycles. The lowest BCUT2D eigenvalue weighted by molar-refractivity contribution is 0.0786. The molecular formula is C32H37N5O. The van der Waals surface area contributed by atoms with Crippen molar-refractivity contribution in [2.24, 2.45) is 0 Å². The van der Waals surface area contributed by atoms with E-state index in [9.17, 15) is 4.79 Å². The van der Waals surface area contributed by atoms with E-state index in [4.69, 9.17) is 4.98 Å². The highest BCUT2D eigenvalue weighted by Crippen LogP contribution is 2.41. The van der Waals surface area contributed by atoms with Crippen molar-refractivity contribution in [3.8, 4) is 22.3 Å². The van der Waals surface area contributed by atoms with Crippen LogP contribution in [0.25, 0.3) is 33.3 Å². The second-order valence-electron chi connectivity index (χ2n) is 11.4. The molecule has 3 heterocycles. The summed E-state index contributed by atoms with van der Waals surface area (Å²) in [5.41, 5.74) is 10.8. The van der Waals surface area contributed by atoms with E-state index in [2.05, 4.69) is 40.0 Å². The minimum atomic E-state index is 0.0468. The molecule has 2 aliphatic rings. The second-order valence-corrected chi connectivity index (χ2v) is 11.4. The van der Waals surface area contributed by atoms with Gasteiger partial charge in [0, 0.05) is 67.7 Å². The summed E-state index contributed by atoms with van der Waals surface area (Å²) in [4.78, 5) is 27.3.